The van der Waals surface area contributed by atoms with Crippen molar-refractivity contribution in [2.75, 3.05) is 0 Å². The van der Waals surface area contributed by atoms with Gasteiger partial charge in [-0.2, -0.15) is 0 Å². The van der Waals surface area contributed by atoms with Crippen LogP contribution in [0.2, 0.25) is 0 Å². The summed E-state index contributed by atoms with van der Waals surface area (Å²) in [5, 5.41) is 2.67. The van der Waals surface area contributed by atoms with Gasteiger partial charge in [0.25, 0.3) is 0 Å². The van der Waals surface area contributed by atoms with Crippen molar-refractivity contribution in [2.45, 2.75) is 261 Å². The maximum atomic E-state index is 6.34. The molecule has 3 unspecified atom stereocenters. The van der Waals surface area contributed by atoms with Gasteiger partial charge in [-0.15, -0.1) is 0 Å². The quantitative estimate of drug-likeness (QED) is 0.104. The van der Waals surface area contributed by atoms with Gasteiger partial charge in [0.05, 0.1) is 34.0 Å². The Morgan fingerprint density at radius 3 is 1.13 bits per heavy atom. The van der Waals surface area contributed by atoms with Crippen LogP contribution in [-0.2, 0) is 20.1 Å². The van der Waals surface area contributed by atoms with Crippen LogP contribution in [0, 0.1) is 17.8 Å². The summed E-state index contributed by atoms with van der Waals surface area (Å²) in [5.41, 5.74) is 11.3. The second-order valence-corrected chi connectivity index (χ2v) is 36.1. The minimum absolute atomic E-state index is 0. The first-order valence-electron chi connectivity index (χ1n) is 29.3. The van der Waals surface area contributed by atoms with Crippen molar-refractivity contribution in [3.8, 4) is 0 Å². The van der Waals surface area contributed by atoms with Crippen molar-refractivity contribution in [1.29, 1.82) is 0 Å². The van der Waals surface area contributed by atoms with Crippen LogP contribution in [0.5, 0.6) is 0 Å². The Labute approximate surface area is 451 Å². The first kappa shape index (κ1) is 57.8. The number of nitrogens with zero attached hydrogens (tertiary/aromatic N) is 1. The second kappa shape index (κ2) is 30.8. The number of hydrogen-bond donors (Lipinski definition) is 0. The van der Waals surface area contributed by atoms with Gasteiger partial charge in [0.15, 0.2) is 0 Å². The molecule has 11 rings (SSSR count). The molecule has 71 heavy (non-hydrogen) atoms. The van der Waals surface area contributed by atoms with Crippen LogP contribution in [0.1, 0.15) is 226 Å². The number of benzene rings is 3. The second-order valence-electron chi connectivity index (χ2n) is 23.4. The van der Waals surface area contributed by atoms with Crippen LogP contribution >= 0.6 is 35.2 Å². The minimum atomic E-state index is -1.82. The van der Waals surface area contributed by atoms with E-state index in [9.17, 15) is 0 Å². The molecule has 3 atom stereocenters. The first-order valence-corrected chi connectivity index (χ1v) is 38.3. The SMILES string of the molecule is C.C.C1CCC([PH+](C2CCCCC2)C2CCCCC2)CC1.C1CCC([PH+](C2CCCCC2)C2CCCCC2)CC1.[Cl][Ru]([Cl])=[CH]C1CC(/C=C\c2ccccc2)CC1Cn1c2ccccc2c2ccccc21. The molecule has 7 aliphatic rings. The summed E-state index contributed by atoms with van der Waals surface area (Å²) in [6.45, 7) is 1.00. The van der Waals surface area contributed by atoms with Crippen molar-refractivity contribution in [3.05, 3.63) is 90.5 Å². The summed E-state index contributed by atoms with van der Waals surface area (Å²) in [6, 6.07) is 28.1. The molecule has 0 saturated heterocycles. The van der Waals surface area contributed by atoms with Gasteiger partial charge in [-0.25, -0.2) is 0 Å². The molecule has 3 aromatic carbocycles. The van der Waals surface area contributed by atoms with Crippen LogP contribution in [0.25, 0.3) is 27.9 Å². The van der Waals surface area contributed by atoms with Crippen LogP contribution in [0.4, 0.5) is 0 Å². The van der Waals surface area contributed by atoms with Gasteiger partial charge in [0, 0.05) is 15.8 Å². The average Bonchev–Trinajstić information content (AvgIpc) is 3.95. The van der Waals surface area contributed by atoms with Gasteiger partial charge in [-0.3, -0.25) is 0 Å². The van der Waals surface area contributed by atoms with E-state index in [4.69, 9.17) is 19.4 Å². The molecule has 7 saturated carbocycles. The molecule has 7 aliphatic carbocycles. The Kier molecular flexibility index (Phi) is 25.1. The number of aromatic nitrogens is 1. The third kappa shape index (κ3) is 16.3. The molecule has 1 heterocycles. The molecule has 0 bridgehead atoms. The van der Waals surface area contributed by atoms with Crippen molar-refractivity contribution in [3.63, 3.8) is 0 Å². The molecule has 0 radical (unpaired) electrons. The predicted molar refractivity (Wildman–Crippen MR) is 324 cm³/mol. The van der Waals surface area contributed by atoms with Crippen LogP contribution in [0.3, 0.4) is 0 Å². The van der Waals surface area contributed by atoms with Gasteiger partial charge < -0.3 is 0 Å². The van der Waals surface area contributed by atoms with Crippen molar-refractivity contribution < 1.29 is 13.5 Å². The third-order valence-corrected chi connectivity index (χ3v) is 30.3. The monoisotopic (exact) mass is 1130 g/mol. The summed E-state index contributed by atoms with van der Waals surface area (Å²) >= 11 is -1.82. The van der Waals surface area contributed by atoms with Gasteiger partial charge in [0.2, 0.25) is 0 Å². The maximum absolute atomic E-state index is 6.34. The third-order valence-electron chi connectivity index (χ3n) is 18.9. The number of para-hydroxylation sites is 2. The number of fused-ring (bicyclic) bond motifs is 3. The fourth-order valence-corrected chi connectivity index (χ4v) is 28.8. The Morgan fingerprint density at radius 1 is 0.437 bits per heavy atom. The predicted octanol–water partition coefficient (Wildman–Crippen LogP) is 21.5. The molecular weight excluding hydrogens is 1030 g/mol. The number of halogens is 2. The van der Waals surface area contributed by atoms with E-state index in [2.05, 4.69) is 100 Å². The van der Waals surface area contributed by atoms with E-state index >= 15 is 0 Å². The van der Waals surface area contributed by atoms with Crippen molar-refractivity contribution in [2.24, 2.45) is 17.8 Å². The van der Waals surface area contributed by atoms with Crippen LogP contribution in [0.15, 0.2) is 84.9 Å². The molecule has 0 N–H and O–H groups in total. The van der Waals surface area contributed by atoms with Crippen LogP contribution < -0.4 is 0 Å². The summed E-state index contributed by atoms with van der Waals surface area (Å²) in [4.78, 5) is 0. The van der Waals surface area contributed by atoms with E-state index in [-0.39, 0.29) is 30.7 Å². The van der Waals surface area contributed by atoms with E-state index in [1.807, 2.05) is 0 Å². The van der Waals surface area contributed by atoms with E-state index in [0.29, 0.717) is 17.8 Å². The van der Waals surface area contributed by atoms with Crippen LogP contribution in [-0.4, -0.2) is 43.1 Å². The molecular formula is C65H101Cl2NP2Ru+2. The van der Waals surface area contributed by atoms with E-state index < -0.39 is 13.5 Å². The number of allylic oxidation sites excluding steroid dienone is 1. The summed E-state index contributed by atoms with van der Waals surface area (Å²) < 4.78 is 4.79. The average molecular weight is 1130 g/mol. The normalized spacial score (nSPS) is 25.0. The van der Waals surface area contributed by atoms with Crippen molar-refractivity contribution >= 4 is 67.7 Å². The molecule has 6 heteroatoms. The standard InChI is InChI=1S/C27H25N.2C18H33P.2CH4.2ClH.Ru/c1-20-17-22(16-15-21-9-3-2-4-10-21)18-23(20)19-28-26-13-7-5-11-24(26)25-12-6-8-14-27(25)28;2*1-4-10-16(11-5-1)19(17-12-6-2-7-13-17)18-14-8-3-9-15-18;;;;;/h1-16,20,22-23H,17-19H2;2*16-18H,1-15H2;2*1H4;2*1H;/q;;;;;;;+2/b16-15-;;;;;;;. The molecule has 4 aromatic rings. The first-order chi connectivity index (χ1) is 34.1. The molecule has 396 valence electrons. The fraction of sp³-hybridized carbons (Fsp3) is 0.677. The summed E-state index contributed by atoms with van der Waals surface area (Å²) in [5.74, 6) is 1.57. The van der Waals surface area contributed by atoms with Gasteiger partial charge in [-0.1, -0.05) is 53.4 Å². The Bertz CT molecular complexity index is 1950. The van der Waals surface area contributed by atoms with Gasteiger partial charge in [-0.05, 0) is 154 Å². The Morgan fingerprint density at radius 2 is 0.775 bits per heavy atom. The molecule has 7 fully saturated rings. The molecule has 0 aliphatic heterocycles. The van der Waals surface area contributed by atoms with Gasteiger partial charge in [0.1, 0.15) is 0 Å². The Hall–Kier alpha value is -0.867. The zero-order valence-corrected chi connectivity index (χ0v) is 48.1. The fourth-order valence-electron chi connectivity index (χ4n) is 15.7. The van der Waals surface area contributed by atoms with Crippen molar-refractivity contribution in [1.82, 2.24) is 4.57 Å². The molecule has 0 spiro atoms. The molecule has 0 amide bonds. The van der Waals surface area contributed by atoms with Gasteiger partial charge >= 0.3 is 198 Å². The Balaban J connectivity index is 0.000000162. The topological polar surface area (TPSA) is 4.93 Å². The number of rotatable bonds is 11. The summed E-state index contributed by atoms with van der Waals surface area (Å²) in [7, 11) is 12.6. The zero-order valence-electron chi connectivity index (χ0n) is 42.8. The van der Waals surface area contributed by atoms with E-state index in [0.717, 1.165) is 13.0 Å². The molecule has 1 aromatic heterocycles. The number of hydrogen-bond acceptors (Lipinski definition) is 0. The summed E-state index contributed by atoms with van der Waals surface area (Å²) in [6.07, 6.45) is 54.5. The molecule has 1 nitrogen and oxygen atoms in total. The van der Waals surface area contributed by atoms with E-state index in [1.54, 1.807) is 193 Å². The zero-order chi connectivity index (χ0) is 47.0. The van der Waals surface area contributed by atoms with E-state index in [1.165, 1.54) is 67.7 Å².